The van der Waals surface area contributed by atoms with Crippen LogP contribution in [0, 0.1) is 0 Å². The number of piperazine rings is 1. The van der Waals surface area contributed by atoms with Crippen LogP contribution in [-0.2, 0) is 11.3 Å². The molecule has 26 heavy (non-hydrogen) atoms. The number of anilines is 1. The predicted octanol–water partition coefficient (Wildman–Crippen LogP) is 3.24. The van der Waals surface area contributed by atoms with Crippen molar-refractivity contribution in [1.82, 2.24) is 10.2 Å². The second kappa shape index (κ2) is 9.64. The third-order valence-corrected chi connectivity index (χ3v) is 5.65. The Kier molecular flexibility index (Phi) is 6.97. The van der Waals surface area contributed by atoms with Gasteiger partial charge < -0.3 is 15.1 Å². The summed E-state index contributed by atoms with van der Waals surface area (Å²) >= 11 is 1.72. The van der Waals surface area contributed by atoms with Crippen molar-refractivity contribution in [2.45, 2.75) is 17.9 Å². The van der Waals surface area contributed by atoms with Gasteiger partial charge in [-0.15, -0.1) is 11.8 Å². The predicted molar refractivity (Wildman–Crippen MR) is 110 cm³/mol. The highest BCUT2D eigenvalue weighted by Crippen LogP contribution is 2.18. The van der Waals surface area contributed by atoms with Crippen LogP contribution in [0.5, 0.6) is 0 Å². The van der Waals surface area contributed by atoms with Crippen molar-refractivity contribution in [2.75, 3.05) is 43.9 Å². The van der Waals surface area contributed by atoms with Crippen molar-refractivity contribution >= 4 is 23.4 Å². The number of carbonyl (C=O) groups excluding carboxylic acids is 1. The third kappa shape index (κ3) is 5.78. The van der Waals surface area contributed by atoms with Crippen molar-refractivity contribution in [1.29, 1.82) is 0 Å². The highest BCUT2D eigenvalue weighted by molar-refractivity contribution is 7.99. The van der Waals surface area contributed by atoms with E-state index in [0.717, 1.165) is 37.5 Å². The molecule has 1 amide bonds. The summed E-state index contributed by atoms with van der Waals surface area (Å²) in [6.45, 7) is 4.97. The lowest BCUT2D eigenvalue weighted by Crippen LogP contribution is -2.44. The second-order valence-corrected chi connectivity index (χ2v) is 7.81. The largest absolute Gasteiger partial charge is 0.369 e. The van der Waals surface area contributed by atoms with Crippen molar-refractivity contribution in [3.8, 4) is 0 Å². The lowest BCUT2D eigenvalue weighted by Gasteiger charge is -2.34. The quantitative estimate of drug-likeness (QED) is 0.760. The molecule has 5 heteroatoms. The minimum atomic E-state index is 0.108. The van der Waals surface area contributed by atoms with Crippen LogP contribution in [-0.4, -0.2) is 49.8 Å². The molecule has 1 heterocycles. The molecular formula is C21H27N3OS. The Hall–Kier alpha value is -1.98. The van der Waals surface area contributed by atoms with Gasteiger partial charge in [-0.1, -0.05) is 30.3 Å². The lowest BCUT2D eigenvalue weighted by molar-refractivity contribution is -0.120. The maximum atomic E-state index is 12.0. The van der Waals surface area contributed by atoms with E-state index in [1.165, 1.54) is 10.6 Å². The van der Waals surface area contributed by atoms with Gasteiger partial charge in [-0.05, 0) is 36.9 Å². The van der Waals surface area contributed by atoms with E-state index in [9.17, 15) is 4.79 Å². The van der Waals surface area contributed by atoms with Crippen LogP contribution in [0.4, 0.5) is 5.69 Å². The zero-order valence-corrected chi connectivity index (χ0v) is 16.2. The van der Waals surface area contributed by atoms with E-state index in [1.54, 1.807) is 11.8 Å². The highest BCUT2D eigenvalue weighted by atomic mass is 32.2. The third-order valence-electron chi connectivity index (χ3n) is 4.64. The van der Waals surface area contributed by atoms with Gasteiger partial charge in [0, 0.05) is 55.5 Å². The maximum absolute atomic E-state index is 12.0. The summed E-state index contributed by atoms with van der Waals surface area (Å²) in [5.41, 5.74) is 2.42. The molecule has 4 nitrogen and oxygen atoms in total. The zero-order valence-electron chi connectivity index (χ0n) is 15.4. The number of hydrogen-bond acceptors (Lipinski definition) is 4. The number of hydrogen-bond donors (Lipinski definition) is 1. The highest BCUT2D eigenvalue weighted by Gasteiger charge is 2.13. The molecule has 138 valence electrons. The van der Waals surface area contributed by atoms with E-state index in [0.29, 0.717) is 13.0 Å². The van der Waals surface area contributed by atoms with Crippen molar-refractivity contribution in [3.05, 3.63) is 60.2 Å². The summed E-state index contributed by atoms with van der Waals surface area (Å²) in [5.74, 6) is 0.912. The van der Waals surface area contributed by atoms with Gasteiger partial charge in [-0.2, -0.15) is 0 Å². The monoisotopic (exact) mass is 369 g/mol. The minimum absolute atomic E-state index is 0.108. The van der Waals surface area contributed by atoms with Gasteiger partial charge in [0.1, 0.15) is 0 Å². The second-order valence-electron chi connectivity index (χ2n) is 6.65. The van der Waals surface area contributed by atoms with Gasteiger partial charge in [-0.25, -0.2) is 0 Å². The Labute approximate surface area is 160 Å². The zero-order chi connectivity index (χ0) is 18.2. The molecule has 0 spiro atoms. The van der Waals surface area contributed by atoms with Gasteiger partial charge in [-0.3, -0.25) is 4.79 Å². The normalized spacial score (nSPS) is 15.0. The summed E-state index contributed by atoms with van der Waals surface area (Å²) < 4.78 is 0. The smallest absolute Gasteiger partial charge is 0.221 e. The van der Waals surface area contributed by atoms with Crippen LogP contribution in [0.25, 0.3) is 0 Å². The van der Waals surface area contributed by atoms with Crippen LogP contribution in [0.3, 0.4) is 0 Å². The van der Waals surface area contributed by atoms with Crippen LogP contribution in [0.2, 0.25) is 0 Å². The van der Waals surface area contributed by atoms with E-state index < -0.39 is 0 Å². The molecule has 0 aliphatic carbocycles. The Morgan fingerprint density at radius 3 is 2.38 bits per heavy atom. The van der Waals surface area contributed by atoms with Crippen molar-refractivity contribution in [3.63, 3.8) is 0 Å². The van der Waals surface area contributed by atoms with Gasteiger partial charge in [0.2, 0.25) is 5.91 Å². The average Bonchev–Trinajstić information content (AvgIpc) is 2.68. The summed E-state index contributed by atoms with van der Waals surface area (Å²) in [7, 11) is 2.17. The number of nitrogens with one attached hydrogen (secondary N) is 1. The molecule has 2 aromatic rings. The van der Waals surface area contributed by atoms with Crippen LogP contribution >= 0.6 is 11.8 Å². The molecule has 2 aromatic carbocycles. The van der Waals surface area contributed by atoms with E-state index in [2.05, 4.69) is 58.6 Å². The lowest BCUT2D eigenvalue weighted by atomic mass is 10.1. The molecule has 1 fully saturated rings. The molecule has 0 atom stereocenters. The van der Waals surface area contributed by atoms with Crippen molar-refractivity contribution < 1.29 is 4.79 Å². The van der Waals surface area contributed by atoms with E-state index >= 15 is 0 Å². The summed E-state index contributed by atoms with van der Waals surface area (Å²) in [4.78, 5) is 18.0. The molecule has 1 aliphatic heterocycles. The van der Waals surface area contributed by atoms with Crippen LogP contribution in [0.1, 0.15) is 12.0 Å². The fourth-order valence-corrected chi connectivity index (χ4v) is 3.83. The van der Waals surface area contributed by atoms with Gasteiger partial charge >= 0.3 is 0 Å². The van der Waals surface area contributed by atoms with E-state index in [1.807, 2.05) is 18.2 Å². The first-order chi connectivity index (χ1) is 12.7. The topological polar surface area (TPSA) is 35.6 Å². The molecule has 1 saturated heterocycles. The molecule has 3 rings (SSSR count). The fraction of sp³-hybridized carbons (Fsp3) is 0.381. The number of benzene rings is 2. The average molecular weight is 370 g/mol. The molecule has 0 radical (unpaired) electrons. The Balaban J connectivity index is 1.38. The summed E-state index contributed by atoms with van der Waals surface area (Å²) in [5, 5.41) is 3.02. The number of thioether (sulfide) groups is 1. The Bertz CT molecular complexity index is 682. The standard InChI is InChI=1S/C21H27N3OS/c1-23-12-14-24(15-13-23)19-9-7-18(8-10-19)17-22-21(25)11-16-26-20-5-3-2-4-6-20/h2-10H,11-17H2,1H3,(H,22,25). The molecule has 0 saturated carbocycles. The minimum Gasteiger partial charge on any atom is -0.369 e. The fourth-order valence-electron chi connectivity index (χ4n) is 2.96. The van der Waals surface area contributed by atoms with Gasteiger partial charge in [0.25, 0.3) is 0 Å². The van der Waals surface area contributed by atoms with Crippen LogP contribution < -0.4 is 10.2 Å². The van der Waals surface area contributed by atoms with Gasteiger partial charge in [0.05, 0.1) is 0 Å². The molecular weight excluding hydrogens is 342 g/mol. The number of nitrogens with zero attached hydrogens (tertiary/aromatic N) is 2. The first-order valence-electron chi connectivity index (χ1n) is 9.18. The molecule has 0 bridgehead atoms. The number of likely N-dealkylation sites (N-methyl/N-ethyl adjacent to an activating group) is 1. The Morgan fingerprint density at radius 1 is 1.00 bits per heavy atom. The molecule has 1 N–H and O–H groups in total. The van der Waals surface area contributed by atoms with E-state index in [4.69, 9.17) is 0 Å². The SMILES string of the molecule is CN1CCN(c2ccc(CNC(=O)CCSc3ccccc3)cc2)CC1. The molecule has 0 aromatic heterocycles. The number of carbonyl (C=O) groups is 1. The first-order valence-corrected chi connectivity index (χ1v) is 10.2. The van der Waals surface area contributed by atoms with Crippen molar-refractivity contribution in [2.24, 2.45) is 0 Å². The molecule has 1 aliphatic rings. The summed E-state index contributed by atoms with van der Waals surface area (Å²) in [6.07, 6.45) is 0.541. The summed E-state index contributed by atoms with van der Waals surface area (Å²) in [6, 6.07) is 18.8. The number of amides is 1. The number of rotatable bonds is 7. The Morgan fingerprint density at radius 2 is 1.69 bits per heavy atom. The molecule has 0 unspecified atom stereocenters. The van der Waals surface area contributed by atoms with Gasteiger partial charge in [0.15, 0.2) is 0 Å². The maximum Gasteiger partial charge on any atom is 0.221 e. The first kappa shape index (κ1) is 18.8. The van der Waals surface area contributed by atoms with E-state index in [-0.39, 0.29) is 5.91 Å². The van der Waals surface area contributed by atoms with Crippen LogP contribution in [0.15, 0.2) is 59.5 Å².